The average Bonchev–Trinajstić information content (AvgIpc) is 3.16. The molecule has 1 aliphatic heterocycles. The van der Waals surface area contributed by atoms with Crippen LogP contribution < -0.4 is 10.6 Å². The van der Waals surface area contributed by atoms with E-state index in [1.165, 1.54) is 0 Å². The molecular formula is C17H28N8. The lowest BCUT2D eigenvalue weighted by atomic mass is 10.1. The summed E-state index contributed by atoms with van der Waals surface area (Å²) in [6.45, 7) is 8.89. The van der Waals surface area contributed by atoms with Gasteiger partial charge in [0.15, 0.2) is 5.96 Å². The van der Waals surface area contributed by atoms with Gasteiger partial charge in [-0.05, 0) is 25.7 Å². The Hall–Kier alpha value is -2.38. The van der Waals surface area contributed by atoms with E-state index < -0.39 is 0 Å². The zero-order chi connectivity index (χ0) is 17.8. The van der Waals surface area contributed by atoms with Gasteiger partial charge in [-0.3, -0.25) is 4.99 Å². The SMILES string of the molecule is CN=C(NCc1nccn1CC(C)C)NC1CCCn2nc(C)nc21. The molecule has 8 nitrogen and oxygen atoms in total. The Bertz CT molecular complexity index is 727. The van der Waals surface area contributed by atoms with Crippen LogP contribution in [0.2, 0.25) is 0 Å². The van der Waals surface area contributed by atoms with Crippen LogP contribution in [-0.2, 0) is 19.6 Å². The van der Waals surface area contributed by atoms with E-state index in [1.807, 2.05) is 24.0 Å². The van der Waals surface area contributed by atoms with E-state index >= 15 is 0 Å². The first-order valence-corrected chi connectivity index (χ1v) is 8.95. The molecule has 136 valence electrons. The Kier molecular flexibility index (Phi) is 5.35. The van der Waals surface area contributed by atoms with Gasteiger partial charge < -0.3 is 15.2 Å². The number of nitrogens with one attached hydrogen (secondary N) is 2. The fourth-order valence-corrected chi connectivity index (χ4v) is 3.19. The lowest BCUT2D eigenvalue weighted by Crippen LogP contribution is -2.41. The number of rotatable bonds is 5. The summed E-state index contributed by atoms with van der Waals surface area (Å²) in [7, 11) is 1.79. The maximum absolute atomic E-state index is 4.57. The minimum atomic E-state index is 0.136. The lowest BCUT2D eigenvalue weighted by Gasteiger charge is -2.25. The summed E-state index contributed by atoms with van der Waals surface area (Å²) in [5, 5.41) is 11.3. The molecule has 2 aromatic rings. The Balaban J connectivity index is 1.62. The maximum atomic E-state index is 4.57. The molecule has 1 aliphatic rings. The molecule has 1 atom stereocenters. The van der Waals surface area contributed by atoms with E-state index in [2.05, 4.69) is 49.1 Å². The van der Waals surface area contributed by atoms with Crippen LogP contribution in [0.3, 0.4) is 0 Å². The van der Waals surface area contributed by atoms with Crippen LogP contribution in [0.5, 0.6) is 0 Å². The zero-order valence-electron chi connectivity index (χ0n) is 15.5. The standard InChI is InChI=1S/C17H28N8/c1-12(2)11-24-9-7-19-15(24)10-20-17(18-4)22-14-6-5-8-25-16(14)21-13(3)23-25/h7,9,12,14H,5-6,8,10-11H2,1-4H3,(H2,18,20,22). The summed E-state index contributed by atoms with van der Waals surface area (Å²) in [4.78, 5) is 13.4. The molecule has 0 fully saturated rings. The van der Waals surface area contributed by atoms with Crippen molar-refractivity contribution in [1.29, 1.82) is 0 Å². The van der Waals surface area contributed by atoms with Gasteiger partial charge in [-0.15, -0.1) is 0 Å². The molecule has 0 amide bonds. The van der Waals surface area contributed by atoms with Crippen molar-refractivity contribution in [3.63, 3.8) is 0 Å². The summed E-state index contributed by atoms with van der Waals surface area (Å²) in [5.74, 6) is 4.18. The van der Waals surface area contributed by atoms with E-state index in [1.54, 1.807) is 7.05 Å². The summed E-state index contributed by atoms with van der Waals surface area (Å²) >= 11 is 0. The minimum absolute atomic E-state index is 0.136. The van der Waals surface area contributed by atoms with E-state index in [0.29, 0.717) is 12.5 Å². The average molecular weight is 344 g/mol. The first kappa shape index (κ1) is 17.4. The molecule has 2 N–H and O–H groups in total. The summed E-state index contributed by atoms with van der Waals surface area (Å²) in [6.07, 6.45) is 5.99. The smallest absolute Gasteiger partial charge is 0.191 e. The van der Waals surface area contributed by atoms with Crippen molar-refractivity contribution in [2.75, 3.05) is 7.05 Å². The highest BCUT2D eigenvalue weighted by atomic mass is 15.4. The number of aromatic nitrogens is 5. The van der Waals surface area contributed by atoms with E-state index in [0.717, 1.165) is 49.4 Å². The third-order valence-electron chi connectivity index (χ3n) is 4.29. The highest BCUT2D eigenvalue weighted by molar-refractivity contribution is 5.79. The van der Waals surface area contributed by atoms with Gasteiger partial charge in [0.1, 0.15) is 17.5 Å². The third kappa shape index (κ3) is 4.18. The molecule has 0 saturated heterocycles. The van der Waals surface area contributed by atoms with Crippen LogP contribution in [0.15, 0.2) is 17.4 Å². The highest BCUT2D eigenvalue weighted by Crippen LogP contribution is 2.22. The Morgan fingerprint density at radius 1 is 1.44 bits per heavy atom. The number of imidazole rings is 1. The number of guanidine groups is 1. The quantitative estimate of drug-likeness (QED) is 0.636. The van der Waals surface area contributed by atoms with Gasteiger partial charge in [-0.2, -0.15) is 5.10 Å². The van der Waals surface area contributed by atoms with E-state index in [4.69, 9.17) is 0 Å². The zero-order valence-corrected chi connectivity index (χ0v) is 15.5. The Labute approximate surface area is 148 Å². The van der Waals surface area contributed by atoms with Crippen LogP contribution in [0, 0.1) is 12.8 Å². The van der Waals surface area contributed by atoms with Crippen molar-refractivity contribution in [2.24, 2.45) is 10.9 Å². The number of nitrogens with zero attached hydrogens (tertiary/aromatic N) is 6. The van der Waals surface area contributed by atoms with Crippen molar-refractivity contribution in [2.45, 2.75) is 59.3 Å². The van der Waals surface area contributed by atoms with Crippen molar-refractivity contribution in [3.8, 4) is 0 Å². The second-order valence-corrected chi connectivity index (χ2v) is 6.89. The fraction of sp³-hybridized carbons (Fsp3) is 0.647. The monoisotopic (exact) mass is 344 g/mol. The van der Waals surface area contributed by atoms with Crippen LogP contribution in [-0.4, -0.2) is 37.3 Å². The molecule has 3 heterocycles. The summed E-state index contributed by atoms with van der Waals surface area (Å²) in [5.41, 5.74) is 0. The lowest BCUT2D eigenvalue weighted by molar-refractivity contribution is 0.397. The predicted octanol–water partition coefficient (Wildman–Crippen LogP) is 1.64. The molecule has 0 radical (unpaired) electrons. The van der Waals surface area contributed by atoms with Crippen LogP contribution in [0.4, 0.5) is 0 Å². The largest absolute Gasteiger partial charge is 0.349 e. The predicted molar refractivity (Wildman–Crippen MR) is 97.1 cm³/mol. The molecule has 0 saturated carbocycles. The van der Waals surface area contributed by atoms with Crippen LogP contribution >= 0.6 is 0 Å². The molecule has 0 aromatic carbocycles. The number of hydrogen-bond donors (Lipinski definition) is 2. The second-order valence-electron chi connectivity index (χ2n) is 6.89. The van der Waals surface area contributed by atoms with Crippen LogP contribution in [0.1, 0.15) is 50.2 Å². The minimum Gasteiger partial charge on any atom is -0.349 e. The fourth-order valence-electron chi connectivity index (χ4n) is 3.19. The van der Waals surface area contributed by atoms with Gasteiger partial charge in [0.05, 0.1) is 12.6 Å². The second kappa shape index (κ2) is 7.67. The molecule has 0 aliphatic carbocycles. The highest BCUT2D eigenvalue weighted by Gasteiger charge is 2.24. The number of aliphatic imine (C=N–C) groups is 1. The van der Waals surface area contributed by atoms with Gasteiger partial charge in [-0.25, -0.2) is 14.6 Å². The molecular weight excluding hydrogens is 316 g/mol. The molecule has 2 aromatic heterocycles. The van der Waals surface area contributed by atoms with Crippen molar-refractivity contribution >= 4 is 5.96 Å². The van der Waals surface area contributed by atoms with Crippen molar-refractivity contribution in [3.05, 3.63) is 29.9 Å². The molecule has 25 heavy (non-hydrogen) atoms. The first-order chi connectivity index (χ1) is 12.1. The topological polar surface area (TPSA) is 85.0 Å². The molecule has 3 rings (SSSR count). The van der Waals surface area contributed by atoms with Crippen molar-refractivity contribution < 1.29 is 0 Å². The third-order valence-corrected chi connectivity index (χ3v) is 4.29. The molecule has 8 heteroatoms. The van der Waals surface area contributed by atoms with E-state index in [-0.39, 0.29) is 6.04 Å². The van der Waals surface area contributed by atoms with Gasteiger partial charge in [-0.1, -0.05) is 13.8 Å². The van der Waals surface area contributed by atoms with E-state index in [9.17, 15) is 0 Å². The molecule has 1 unspecified atom stereocenters. The number of hydrogen-bond acceptors (Lipinski definition) is 4. The first-order valence-electron chi connectivity index (χ1n) is 8.95. The molecule has 0 bridgehead atoms. The molecule has 0 spiro atoms. The maximum Gasteiger partial charge on any atom is 0.191 e. The van der Waals surface area contributed by atoms with Crippen molar-refractivity contribution in [1.82, 2.24) is 34.9 Å². The normalized spacial score (nSPS) is 17.6. The Morgan fingerprint density at radius 2 is 2.28 bits per heavy atom. The Morgan fingerprint density at radius 3 is 3.04 bits per heavy atom. The van der Waals surface area contributed by atoms with Gasteiger partial charge in [0.25, 0.3) is 0 Å². The van der Waals surface area contributed by atoms with Crippen LogP contribution in [0.25, 0.3) is 0 Å². The number of aryl methyl sites for hydroxylation is 2. The van der Waals surface area contributed by atoms with Gasteiger partial charge >= 0.3 is 0 Å². The summed E-state index contributed by atoms with van der Waals surface area (Å²) < 4.78 is 4.19. The van der Waals surface area contributed by atoms with Gasteiger partial charge in [0, 0.05) is 32.5 Å². The van der Waals surface area contributed by atoms with Gasteiger partial charge in [0.2, 0.25) is 0 Å². The number of fused-ring (bicyclic) bond motifs is 1. The summed E-state index contributed by atoms with van der Waals surface area (Å²) in [6, 6.07) is 0.136.